The van der Waals surface area contributed by atoms with Gasteiger partial charge in [0, 0.05) is 18.3 Å². The topological polar surface area (TPSA) is 150 Å². The Bertz CT molecular complexity index is 1920. The number of nitrogens with one attached hydrogen (secondary N) is 2. The smallest absolute Gasteiger partial charge is 0.330 e. The molecule has 0 radical (unpaired) electrons. The lowest BCUT2D eigenvalue weighted by molar-refractivity contribution is -0.134. The fourth-order valence-electron chi connectivity index (χ4n) is 8.24. The zero-order chi connectivity index (χ0) is 43.5. The first kappa shape index (κ1) is 47.3. The molecular formula is C49H67N3O9. The number of aromatic nitrogens is 2. The normalized spacial score (nSPS) is 17.7. The highest BCUT2D eigenvalue weighted by molar-refractivity contribution is 5.77. The fraction of sp³-hybridized carbons (Fsp3) is 0.531. The van der Waals surface area contributed by atoms with E-state index in [2.05, 4.69) is 24.1 Å². The van der Waals surface area contributed by atoms with E-state index in [4.69, 9.17) is 23.7 Å². The van der Waals surface area contributed by atoms with E-state index in [9.17, 15) is 19.5 Å². The quantitative estimate of drug-likeness (QED) is 0.0399. The molecule has 1 aliphatic heterocycles. The Morgan fingerprint density at radius 3 is 1.80 bits per heavy atom. The van der Waals surface area contributed by atoms with Crippen LogP contribution in [0.5, 0.6) is 11.5 Å². The lowest BCUT2D eigenvalue weighted by Gasteiger charge is -2.37. The monoisotopic (exact) mass is 841 g/mol. The van der Waals surface area contributed by atoms with E-state index in [0.717, 1.165) is 55.2 Å². The Morgan fingerprint density at radius 2 is 1.28 bits per heavy atom. The summed E-state index contributed by atoms with van der Waals surface area (Å²) < 4.78 is 31.8. The van der Waals surface area contributed by atoms with Crippen LogP contribution >= 0.6 is 0 Å². The summed E-state index contributed by atoms with van der Waals surface area (Å²) in [5, 5.41) is 15.2. The number of aliphatic hydroxyl groups excluding tert-OH is 1. The summed E-state index contributed by atoms with van der Waals surface area (Å²) in [6, 6.07) is 26.1. The van der Waals surface area contributed by atoms with Crippen molar-refractivity contribution in [1.82, 2.24) is 14.9 Å². The number of H-pyrrole nitrogens is 1. The second-order valence-corrected chi connectivity index (χ2v) is 16.0. The van der Waals surface area contributed by atoms with Crippen molar-refractivity contribution >= 4 is 5.91 Å². The summed E-state index contributed by atoms with van der Waals surface area (Å²) >= 11 is 0. The molecule has 2 heterocycles. The molecule has 5 rings (SSSR count). The highest BCUT2D eigenvalue weighted by Crippen LogP contribution is 2.43. The number of rotatable bonds is 27. The van der Waals surface area contributed by atoms with Gasteiger partial charge >= 0.3 is 5.69 Å². The first-order valence-corrected chi connectivity index (χ1v) is 22.3. The van der Waals surface area contributed by atoms with Gasteiger partial charge in [-0.1, -0.05) is 145 Å². The van der Waals surface area contributed by atoms with Gasteiger partial charge in [-0.3, -0.25) is 19.1 Å². The fourth-order valence-corrected chi connectivity index (χ4v) is 8.24. The van der Waals surface area contributed by atoms with Gasteiger partial charge in [0.2, 0.25) is 5.91 Å². The van der Waals surface area contributed by atoms with Crippen LogP contribution in [0.25, 0.3) is 0 Å². The van der Waals surface area contributed by atoms with Gasteiger partial charge in [-0.05, 0) is 53.8 Å². The van der Waals surface area contributed by atoms with Crippen molar-refractivity contribution in [3.63, 3.8) is 0 Å². The Balaban J connectivity index is 1.38. The number of benzene rings is 3. The first-order chi connectivity index (χ1) is 29.7. The number of methoxy groups -OCH3 is 2. The number of unbranched alkanes of at least 4 members (excludes halogenated alkanes) is 10. The zero-order valence-electron chi connectivity index (χ0n) is 36.5. The molecule has 0 aliphatic carbocycles. The average Bonchev–Trinajstić information content (AvgIpc) is 3.59. The molecule has 12 nitrogen and oxygen atoms in total. The highest BCUT2D eigenvalue weighted by Gasteiger charge is 2.48. The van der Waals surface area contributed by atoms with Crippen LogP contribution in [0.1, 0.15) is 127 Å². The SMILES string of the molecule is CCCCCCCCC(CCCCCCCC)NC(=O)COC1C(O)[C@@H](COC(c2ccccc2)(c2ccc(OC)cc2)c2ccc(OC)cc2)O[C@H]1n1ccc(=O)[nH]c1=O. The average molecular weight is 842 g/mol. The van der Waals surface area contributed by atoms with Crippen molar-refractivity contribution in [3.05, 3.63) is 129 Å². The van der Waals surface area contributed by atoms with Gasteiger partial charge in [-0.25, -0.2) is 4.79 Å². The molecule has 332 valence electrons. The molecule has 12 heteroatoms. The van der Waals surface area contributed by atoms with Crippen LogP contribution in [0.15, 0.2) is 101 Å². The molecular weight excluding hydrogens is 775 g/mol. The molecule has 1 fully saturated rings. The Morgan fingerprint density at radius 1 is 0.754 bits per heavy atom. The molecule has 1 amide bonds. The summed E-state index contributed by atoms with van der Waals surface area (Å²) in [5.41, 5.74) is -0.153. The number of nitrogens with zero attached hydrogens (tertiary/aromatic N) is 1. The Kier molecular flexibility index (Phi) is 19.1. The molecule has 0 spiro atoms. The van der Waals surface area contributed by atoms with Crippen LogP contribution < -0.4 is 26.0 Å². The van der Waals surface area contributed by atoms with Crippen LogP contribution in [-0.2, 0) is 24.6 Å². The summed E-state index contributed by atoms with van der Waals surface area (Å²) in [7, 11) is 3.21. The minimum atomic E-state index is -1.33. The molecule has 61 heavy (non-hydrogen) atoms. The first-order valence-electron chi connectivity index (χ1n) is 22.3. The van der Waals surface area contributed by atoms with Gasteiger partial charge in [0.1, 0.15) is 42.0 Å². The molecule has 3 aromatic carbocycles. The number of hydrogen-bond donors (Lipinski definition) is 3. The molecule has 2 unspecified atom stereocenters. The van der Waals surface area contributed by atoms with Crippen LogP contribution in [0.2, 0.25) is 0 Å². The minimum absolute atomic E-state index is 0.0129. The van der Waals surface area contributed by atoms with E-state index >= 15 is 0 Å². The number of carbonyl (C=O) groups excluding carboxylic acids is 1. The van der Waals surface area contributed by atoms with Crippen LogP contribution in [0.4, 0.5) is 0 Å². The standard InChI is InChI=1S/C49H67N3O9/c1-5-7-9-11-13-18-22-39(23-19-14-12-10-8-6-2)50-44(54)35-59-46-45(55)42(61-47(46)52-33-32-43(53)51-48(52)56)34-60-49(36-20-16-15-17-21-36,37-24-28-40(57-3)29-25-37)38-26-30-41(58-4)31-27-38/h15-17,20-21,24-33,39,42,45-47,55H,5-14,18-19,22-23,34-35H2,1-4H3,(H,50,54)(H,51,53,56)/t42-,45?,46?,47-/m1/s1. The van der Waals surface area contributed by atoms with Crippen LogP contribution in [-0.4, -0.2) is 72.4 Å². The maximum atomic E-state index is 13.6. The molecule has 1 saturated heterocycles. The lowest BCUT2D eigenvalue weighted by atomic mass is 9.80. The molecule has 4 aromatic rings. The number of ether oxygens (including phenoxy) is 5. The van der Waals surface area contributed by atoms with Gasteiger partial charge in [0.05, 0.1) is 20.8 Å². The third-order valence-corrected chi connectivity index (χ3v) is 11.7. The van der Waals surface area contributed by atoms with Crippen molar-refractivity contribution in [2.45, 2.75) is 140 Å². The maximum Gasteiger partial charge on any atom is 0.330 e. The predicted octanol–water partition coefficient (Wildman–Crippen LogP) is 8.19. The highest BCUT2D eigenvalue weighted by atomic mass is 16.6. The summed E-state index contributed by atoms with van der Waals surface area (Å²) in [6.45, 7) is 3.91. The van der Waals surface area contributed by atoms with Gasteiger partial charge in [-0.2, -0.15) is 0 Å². The maximum absolute atomic E-state index is 13.6. The largest absolute Gasteiger partial charge is 0.497 e. The number of aliphatic hydroxyl groups is 1. The molecule has 3 N–H and O–H groups in total. The van der Waals surface area contributed by atoms with Gasteiger partial charge in [-0.15, -0.1) is 0 Å². The van der Waals surface area contributed by atoms with Gasteiger partial charge < -0.3 is 34.1 Å². The number of aromatic amines is 1. The Labute approximate surface area is 360 Å². The van der Waals surface area contributed by atoms with E-state index < -0.39 is 41.4 Å². The van der Waals surface area contributed by atoms with Gasteiger partial charge in [0.15, 0.2) is 6.23 Å². The molecule has 0 bridgehead atoms. The van der Waals surface area contributed by atoms with Crippen molar-refractivity contribution in [1.29, 1.82) is 0 Å². The molecule has 1 aliphatic rings. The molecule has 4 atom stereocenters. The number of carbonyl (C=O) groups is 1. The molecule has 1 aromatic heterocycles. The van der Waals surface area contributed by atoms with E-state index in [1.165, 1.54) is 68.2 Å². The lowest BCUT2D eigenvalue weighted by Crippen LogP contribution is -2.43. The van der Waals surface area contributed by atoms with Crippen molar-refractivity contribution < 1.29 is 33.6 Å². The van der Waals surface area contributed by atoms with Crippen LogP contribution in [0, 0.1) is 0 Å². The van der Waals surface area contributed by atoms with E-state index in [1.807, 2.05) is 78.9 Å². The second-order valence-electron chi connectivity index (χ2n) is 16.0. The van der Waals surface area contributed by atoms with E-state index in [0.29, 0.717) is 11.5 Å². The van der Waals surface area contributed by atoms with Crippen LogP contribution in [0.3, 0.4) is 0 Å². The number of amides is 1. The van der Waals surface area contributed by atoms with E-state index in [-0.39, 0.29) is 25.2 Å². The Hall–Kier alpha value is -4.75. The van der Waals surface area contributed by atoms with Gasteiger partial charge in [0.25, 0.3) is 5.56 Å². The predicted molar refractivity (Wildman–Crippen MR) is 237 cm³/mol. The third kappa shape index (κ3) is 13.1. The summed E-state index contributed by atoms with van der Waals surface area (Å²) in [5.74, 6) is 1.04. The van der Waals surface area contributed by atoms with E-state index in [1.54, 1.807) is 14.2 Å². The van der Waals surface area contributed by atoms with Crippen molar-refractivity contribution in [3.8, 4) is 11.5 Å². The van der Waals surface area contributed by atoms with Crippen molar-refractivity contribution in [2.24, 2.45) is 0 Å². The third-order valence-electron chi connectivity index (χ3n) is 11.7. The second kappa shape index (κ2) is 24.6. The minimum Gasteiger partial charge on any atom is -0.497 e. The summed E-state index contributed by atoms with van der Waals surface area (Å²) in [4.78, 5) is 41.1. The summed E-state index contributed by atoms with van der Waals surface area (Å²) in [6.07, 6.45) is 12.4. The number of hydrogen-bond acceptors (Lipinski definition) is 9. The van der Waals surface area contributed by atoms with Crippen molar-refractivity contribution in [2.75, 3.05) is 27.4 Å². The molecule has 0 saturated carbocycles. The zero-order valence-corrected chi connectivity index (χ0v) is 36.5.